The molecular weight excluding hydrogens is 376 g/mol. The number of fused-ring (bicyclic) bond motifs is 1. The van der Waals surface area contributed by atoms with E-state index in [2.05, 4.69) is 35.6 Å². The van der Waals surface area contributed by atoms with Crippen LogP contribution in [0.2, 0.25) is 0 Å². The zero-order chi connectivity index (χ0) is 21.5. The van der Waals surface area contributed by atoms with Gasteiger partial charge in [0.1, 0.15) is 0 Å². The highest BCUT2D eigenvalue weighted by atomic mass is 16.2. The molecule has 164 valence electrons. The Labute approximate surface area is 180 Å². The van der Waals surface area contributed by atoms with E-state index in [0.29, 0.717) is 17.4 Å². The Morgan fingerprint density at radius 3 is 2.47 bits per heavy atom. The zero-order valence-electron chi connectivity index (χ0n) is 19.0. The fourth-order valence-corrected chi connectivity index (χ4v) is 6.24. The van der Waals surface area contributed by atoms with E-state index in [4.69, 9.17) is 0 Å². The highest BCUT2D eigenvalue weighted by Gasteiger charge is 2.64. The molecule has 0 saturated carbocycles. The summed E-state index contributed by atoms with van der Waals surface area (Å²) in [5.41, 5.74) is 1.40. The smallest absolute Gasteiger partial charge is 0.255 e. The maximum Gasteiger partial charge on any atom is 0.255 e. The fourth-order valence-electron chi connectivity index (χ4n) is 6.24. The van der Waals surface area contributed by atoms with Crippen molar-refractivity contribution in [1.82, 2.24) is 19.7 Å². The molecule has 3 aliphatic heterocycles. The van der Waals surface area contributed by atoms with Crippen molar-refractivity contribution in [2.45, 2.75) is 47.0 Å². The minimum Gasteiger partial charge on any atom is -0.342 e. The predicted molar refractivity (Wildman–Crippen MR) is 117 cm³/mol. The van der Waals surface area contributed by atoms with Gasteiger partial charge in [0.2, 0.25) is 5.91 Å². The molecule has 3 aliphatic rings. The maximum absolute atomic E-state index is 13.6. The van der Waals surface area contributed by atoms with Gasteiger partial charge >= 0.3 is 0 Å². The molecule has 30 heavy (non-hydrogen) atoms. The van der Waals surface area contributed by atoms with E-state index >= 15 is 0 Å². The van der Waals surface area contributed by atoms with Crippen LogP contribution in [0.25, 0.3) is 0 Å². The lowest BCUT2D eigenvalue weighted by atomic mass is 9.60. The molecule has 4 heterocycles. The first-order valence-electron chi connectivity index (χ1n) is 11.5. The van der Waals surface area contributed by atoms with E-state index < -0.39 is 0 Å². The molecule has 2 amide bonds. The molecule has 0 aliphatic carbocycles. The highest BCUT2D eigenvalue weighted by molar-refractivity contribution is 5.94. The third-order valence-corrected chi connectivity index (χ3v) is 7.67. The number of pyridine rings is 1. The molecule has 1 aromatic rings. The molecule has 0 bridgehead atoms. The second-order valence-electron chi connectivity index (χ2n) is 10.1. The highest BCUT2D eigenvalue weighted by Crippen LogP contribution is 2.57. The van der Waals surface area contributed by atoms with Crippen LogP contribution in [0, 0.1) is 23.7 Å². The van der Waals surface area contributed by atoms with E-state index in [0.717, 1.165) is 70.6 Å². The minimum atomic E-state index is -0.266. The molecule has 0 aromatic carbocycles. The monoisotopic (exact) mass is 412 g/mol. The first-order chi connectivity index (χ1) is 14.3. The summed E-state index contributed by atoms with van der Waals surface area (Å²) in [6.45, 7) is 14.6. The number of piperidine rings is 1. The van der Waals surface area contributed by atoms with Crippen LogP contribution >= 0.6 is 0 Å². The molecule has 1 atom stereocenters. The second kappa shape index (κ2) is 7.95. The van der Waals surface area contributed by atoms with Gasteiger partial charge in [-0.2, -0.15) is 0 Å². The molecule has 0 unspecified atom stereocenters. The molecule has 4 rings (SSSR count). The third kappa shape index (κ3) is 3.43. The summed E-state index contributed by atoms with van der Waals surface area (Å²) in [6, 6.07) is 1.92. The van der Waals surface area contributed by atoms with Crippen molar-refractivity contribution in [3.8, 4) is 0 Å². The number of rotatable bonds is 4. The Hall–Kier alpha value is -1.95. The Morgan fingerprint density at radius 2 is 1.87 bits per heavy atom. The molecule has 2 spiro atoms. The number of nitrogens with zero attached hydrogens (tertiary/aromatic N) is 4. The van der Waals surface area contributed by atoms with Crippen molar-refractivity contribution in [2.75, 3.05) is 45.8 Å². The number of carbonyl (C=O) groups is 2. The second-order valence-corrected chi connectivity index (χ2v) is 10.1. The number of hydrogen-bond donors (Lipinski definition) is 0. The number of amides is 2. The van der Waals surface area contributed by atoms with E-state index in [-0.39, 0.29) is 16.7 Å². The van der Waals surface area contributed by atoms with Crippen molar-refractivity contribution in [1.29, 1.82) is 0 Å². The standard InChI is InChI=1S/C24H36N4O2/c1-5-27-11-8-24(22(27)30)17-26(15-18(2)3)16-23(24)6-9-28(10-7-23)21(29)20-12-19(4)13-25-14-20/h12-14,18H,5-11,15-17H2,1-4H3/t24-/m0/s1. The number of hydrogen-bond acceptors (Lipinski definition) is 4. The molecule has 0 radical (unpaired) electrons. The van der Waals surface area contributed by atoms with Crippen LogP contribution in [-0.4, -0.2) is 77.3 Å². The van der Waals surface area contributed by atoms with E-state index in [9.17, 15) is 9.59 Å². The van der Waals surface area contributed by atoms with Crippen LogP contribution in [0.3, 0.4) is 0 Å². The number of aryl methyl sites for hydroxylation is 1. The van der Waals surface area contributed by atoms with Gasteiger partial charge in [0.05, 0.1) is 11.0 Å². The summed E-state index contributed by atoms with van der Waals surface area (Å²) >= 11 is 0. The summed E-state index contributed by atoms with van der Waals surface area (Å²) in [5, 5.41) is 0. The van der Waals surface area contributed by atoms with Crippen LogP contribution < -0.4 is 0 Å². The first kappa shape index (κ1) is 21.3. The van der Waals surface area contributed by atoms with Crippen LogP contribution in [0.5, 0.6) is 0 Å². The third-order valence-electron chi connectivity index (χ3n) is 7.67. The van der Waals surface area contributed by atoms with Gasteiger partial charge in [0.15, 0.2) is 0 Å². The molecule has 6 heteroatoms. The van der Waals surface area contributed by atoms with Crippen molar-refractivity contribution in [3.63, 3.8) is 0 Å². The van der Waals surface area contributed by atoms with Crippen molar-refractivity contribution >= 4 is 11.8 Å². The van der Waals surface area contributed by atoms with Gasteiger partial charge in [-0.1, -0.05) is 13.8 Å². The molecular formula is C24H36N4O2. The van der Waals surface area contributed by atoms with Crippen LogP contribution in [0.15, 0.2) is 18.5 Å². The van der Waals surface area contributed by atoms with Gasteiger partial charge in [-0.05, 0) is 50.7 Å². The fraction of sp³-hybridized carbons (Fsp3) is 0.708. The van der Waals surface area contributed by atoms with Crippen LogP contribution in [-0.2, 0) is 4.79 Å². The summed E-state index contributed by atoms with van der Waals surface area (Å²) in [6.07, 6.45) is 6.23. The van der Waals surface area contributed by atoms with Gasteiger partial charge < -0.3 is 14.7 Å². The Balaban J connectivity index is 1.55. The van der Waals surface area contributed by atoms with E-state index in [1.54, 1.807) is 12.4 Å². The van der Waals surface area contributed by atoms with Crippen molar-refractivity contribution < 1.29 is 9.59 Å². The van der Waals surface area contributed by atoms with Gasteiger partial charge in [-0.25, -0.2) is 0 Å². The largest absolute Gasteiger partial charge is 0.342 e. The summed E-state index contributed by atoms with van der Waals surface area (Å²) in [4.78, 5) is 37.3. The summed E-state index contributed by atoms with van der Waals surface area (Å²) in [5.74, 6) is 1.02. The van der Waals surface area contributed by atoms with Crippen LogP contribution in [0.4, 0.5) is 0 Å². The average Bonchev–Trinajstić information content (AvgIpc) is 3.19. The SMILES string of the molecule is CCN1CC[C@]2(CN(CC(C)C)CC23CCN(C(=O)c2cncc(C)c2)CC3)C1=O. The number of likely N-dealkylation sites (tertiary alicyclic amines) is 3. The van der Waals surface area contributed by atoms with Crippen LogP contribution in [0.1, 0.15) is 56.0 Å². The number of aromatic nitrogens is 1. The lowest BCUT2D eigenvalue weighted by molar-refractivity contribution is -0.141. The zero-order valence-corrected chi connectivity index (χ0v) is 19.0. The summed E-state index contributed by atoms with van der Waals surface area (Å²) < 4.78 is 0. The van der Waals surface area contributed by atoms with Gasteiger partial charge in [0, 0.05) is 63.6 Å². The van der Waals surface area contributed by atoms with E-state index in [1.807, 2.05) is 17.9 Å². The Morgan fingerprint density at radius 1 is 1.13 bits per heavy atom. The Bertz CT molecular complexity index is 815. The molecule has 3 saturated heterocycles. The predicted octanol–water partition coefficient (Wildman–Crippen LogP) is 2.82. The number of carbonyl (C=O) groups excluding carboxylic acids is 2. The van der Waals surface area contributed by atoms with Gasteiger partial charge in [-0.15, -0.1) is 0 Å². The molecule has 3 fully saturated rings. The first-order valence-corrected chi connectivity index (χ1v) is 11.5. The minimum absolute atomic E-state index is 0.00940. The van der Waals surface area contributed by atoms with Crippen molar-refractivity contribution in [3.05, 3.63) is 29.6 Å². The molecule has 6 nitrogen and oxygen atoms in total. The molecule has 0 N–H and O–H groups in total. The lowest BCUT2D eigenvalue weighted by Gasteiger charge is -2.47. The Kier molecular flexibility index (Phi) is 5.64. The normalized spacial score (nSPS) is 26.5. The topological polar surface area (TPSA) is 56.8 Å². The average molecular weight is 413 g/mol. The lowest BCUT2D eigenvalue weighted by Crippen LogP contribution is -2.53. The maximum atomic E-state index is 13.6. The quantitative estimate of drug-likeness (QED) is 0.763. The van der Waals surface area contributed by atoms with Crippen molar-refractivity contribution in [2.24, 2.45) is 16.7 Å². The van der Waals surface area contributed by atoms with Gasteiger partial charge in [-0.3, -0.25) is 14.6 Å². The van der Waals surface area contributed by atoms with E-state index in [1.165, 1.54) is 0 Å². The summed E-state index contributed by atoms with van der Waals surface area (Å²) in [7, 11) is 0. The van der Waals surface area contributed by atoms with Gasteiger partial charge in [0.25, 0.3) is 5.91 Å². The molecule has 1 aromatic heterocycles.